The van der Waals surface area contributed by atoms with Crippen LogP contribution in [-0.2, 0) is 0 Å². The summed E-state index contributed by atoms with van der Waals surface area (Å²) in [5, 5.41) is 5.88. The van der Waals surface area contributed by atoms with Crippen LogP contribution in [0.5, 0.6) is 5.75 Å². The molecule has 1 aliphatic heterocycles. The van der Waals surface area contributed by atoms with Gasteiger partial charge in [0.1, 0.15) is 28.8 Å². The number of amides is 1. The van der Waals surface area contributed by atoms with Gasteiger partial charge in [0.2, 0.25) is 0 Å². The standard InChI is InChI=1S/C23H22F3N5O2.ClH/c24-14-2-1-3-15(25)20(14)21-16(26)10-17(27)22(31-21)23(32)30-18-11-29-9-6-19(18)33-12-13-4-7-28-8-5-13;/h1-3,6,9-11,13,28H,4-5,7-8,12,27H2,(H,30,32);1H. The summed E-state index contributed by atoms with van der Waals surface area (Å²) >= 11 is 0. The Bertz CT molecular complexity index is 1160. The van der Waals surface area contributed by atoms with E-state index in [1.807, 2.05) is 0 Å². The van der Waals surface area contributed by atoms with E-state index in [9.17, 15) is 18.0 Å². The Morgan fingerprint density at radius 3 is 2.56 bits per heavy atom. The van der Waals surface area contributed by atoms with E-state index in [1.54, 1.807) is 6.07 Å². The second-order valence-electron chi connectivity index (χ2n) is 7.68. The maximum absolute atomic E-state index is 14.5. The first-order valence-corrected chi connectivity index (χ1v) is 10.4. The molecule has 1 aliphatic rings. The monoisotopic (exact) mass is 493 g/mol. The zero-order chi connectivity index (χ0) is 23.4. The third-order valence-corrected chi connectivity index (χ3v) is 5.38. The van der Waals surface area contributed by atoms with E-state index >= 15 is 0 Å². The summed E-state index contributed by atoms with van der Waals surface area (Å²) in [5.41, 5.74) is 4.04. The highest BCUT2D eigenvalue weighted by molar-refractivity contribution is 6.07. The van der Waals surface area contributed by atoms with Gasteiger partial charge in [0, 0.05) is 18.3 Å². The maximum Gasteiger partial charge on any atom is 0.276 e. The van der Waals surface area contributed by atoms with Crippen molar-refractivity contribution in [2.24, 2.45) is 5.92 Å². The number of anilines is 2. The quantitative estimate of drug-likeness (QED) is 0.476. The van der Waals surface area contributed by atoms with Crippen LogP contribution in [0.3, 0.4) is 0 Å². The van der Waals surface area contributed by atoms with Crippen LogP contribution in [-0.4, -0.2) is 35.6 Å². The van der Waals surface area contributed by atoms with Gasteiger partial charge in [-0.05, 0) is 44.0 Å². The molecule has 3 aromatic rings. The lowest BCUT2D eigenvalue weighted by Crippen LogP contribution is -2.30. The van der Waals surface area contributed by atoms with Crippen molar-refractivity contribution in [2.75, 3.05) is 30.7 Å². The smallest absolute Gasteiger partial charge is 0.276 e. The van der Waals surface area contributed by atoms with Gasteiger partial charge in [0.05, 0.1) is 24.1 Å². The van der Waals surface area contributed by atoms with Crippen LogP contribution in [0.1, 0.15) is 23.3 Å². The highest BCUT2D eigenvalue weighted by Gasteiger charge is 2.23. The highest BCUT2D eigenvalue weighted by atomic mass is 35.5. The fourth-order valence-corrected chi connectivity index (χ4v) is 3.62. The number of halogens is 4. The predicted molar refractivity (Wildman–Crippen MR) is 124 cm³/mol. The van der Waals surface area contributed by atoms with E-state index in [1.165, 1.54) is 12.4 Å². The molecular weight excluding hydrogens is 471 g/mol. The van der Waals surface area contributed by atoms with Crippen LogP contribution < -0.4 is 21.1 Å². The molecule has 4 N–H and O–H groups in total. The number of nitrogens with two attached hydrogens (primary N) is 1. The van der Waals surface area contributed by atoms with Crippen molar-refractivity contribution >= 4 is 29.7 Å². The maximum atomic E-state index is 14.5. The normalized spacial score (nSPS) is 13.7. The molecule has 34 heavy (non-hydrogen) atoms. The summed E-state index contributed by atoms with van der Waals surface area (Å²) in [6.07, 6.45) is 4.89. The third kappa shape index (κ3) is 5.57. The fraction of sp³-hybridized carbons (Fsp3) is 0.261. The Labute approximate surface area is 200 Å². The number of nitrogens with zero attached hydrogens (tertiary/aromatic N) is 2. The Hall–Kier alpha value is -3.37. The first kappa shape index (κ1) is 25.3. The molecule has 3 heterocycles. The van der Waals surface area contributed by atoms with Crippen LogP contribution in [0.25, 0.3) is 11.3 Å². The molecule has 1 aromatic carbocycles. The number of carbonyl (C=O) groups excluding carboxylic acids is 1. The number of rotatable bonds is 6. The summed E-state index contributed by atoms with van der Waals surface area (Å²) in [6.45, 7) is 2.32. The largest absolute Gasteiger partial charge is 0.491 e. The first-order chi connectivity index (χ1) is 15.9. The van der Waals surface area contributed by atoms with E-state index in [2.05, 4.69) is 20.6 Å². The Morgan fingerprint density at radius 1 is 1.15 bits per heavy atom. The summed E-state index contributed by atoms with van der Waals surface area (Å²) in [4.78, 5) is 20.7. The van der Waals surface area contributed by atoms with Gasteiger partial charge in [-0.1, -0.05) is 6.07 Å². The molecule has 2 aromatic heterocycles. The van der Waals surface area contributed by atoms with Crippen LogP contribution in [0.2, 0.25) is 0 Å². The SMILES string of the molecule is Cl.Nc1cc(F)c(-c2c(F)cccc2F)nc1C(=O)Nc1cnccc1OCC1CCNCC1. The first-order valence-electron chi connectivity index (χ1n) is 10.4. The number of aromatic nitrogens is 2. The molecule has 0 atom stereocenters. The molecule has 1 amide bonds. The minimum absolute atomic E-state index is 0. The third-order valence-electron chi connectivity index (χ3n) is 5.38. The zero-order valence-corrected chi connectivity index (χ0v) is 18.8. The van der Waals surface area contributed by atoms with Crippen LogP contribution in [0.4, 0.5) is 24.5 Å². The average Bonchev–Trinajstić information content (AvgIpc) is 2.80. The van der Waals surface area contributed by atoms with Crippen molar-refractivity contribution in [3.05, 3.63) is 65.9 Å². The number of nitrogens with one attached hydrogen (secondary N) is 2. The summed E-state index contributed by atoms with van der Waals surface area (Å²) in [6, 6.07) is 5.50. The predicted octanol–water partition coefficient (Wildman–Crippen LogP) is 4.20. The molecule has 11 heteroatoms. The zero-order valence-electron chi connectivity index (χ0n) is 18.0. The number of carbonyl (C=O) groups is 1. The summed E-state index contributed by atoms with van der Waals surface area (Å²) < 4.78 is 48.7. The van der Waals surface area contributed by atoms with Gasteiger partial charge in [0.25, 0.3) is 5.91 Å². The molecule has 4 rings (SSSR count). The Morgan fingerprint density at radius 2 is 1.85 bits per heavy atom. The minimum atomic E-state index is -1.06. The minimum Gasteiger partial charge on any atom is -0.491 e. The Balaban J connectivity index is 0.00000324. The van der Waals surface area contributed by atoms with Crippen molar-refractivity contribution < 1.29 is 22.7 Å². The van der Waals surface area contributed by atoms with E-state index in [0.717, 1.165) is 50.2 Å². The van der Waals surface area contributed by atoms with Gasteiger partial charge < -0.3 is 21.1 Å². The van der Waals surface area contributed by atoms with Crippen molar-refractivity contribution in [3.8, 4) is 17.0 Å². The number of hydrogen-bond acceptors (Lipinski definition) is 6. The van der Waals surface area contributed by atoms with Gasteiger partial charge in [-0.3, -0.25) is 9.78 Å². The number of benzene rings is 1. The number of pyridine rings is 2. The van der Waals surface area contributed by atoms with Crippen molar-refractivity contribution in [1.29, 1.82) is 0 Å². The molecule has 0 radical (unpaired) electrons. The lowest BCUT2D eigenvalue weighted by atomic mass is 9.99. The molecule has 0 saturated carbocycles. The molecular formula is C23H23ClF3N5O2. The van der Waals surface area contributed by atoms with Crippen molar-refractivity contribution in [2.45, 2.75) is 12.8 Å². The van der Waals surface area contributed by atoms with Crippen LogP contribution in [0.15, 0.2) is 42.7 Å². The van der Waals surface area contributed by atoms with Gasteiger partial charge in [-0.15, -0.1) is 12.4 Å². The number of nitrogen functional groups attached to an aromatic ring is 1. The van der Waals surface area contributed by atoms with Gasteiger partial charge in [-0.2, -0.15) is 0 Å². The second-order valence-corrected chi connectivity index (χ2v) is 7.68. The number of piperidine rings is 1. The fourth-order valence-electron chi connectivity index (χ4n) is 3.62. The molecule has 0 aliphatic carbocycles. The number of ether oxygens (including phenoxy) is 1. The molecule has 1 fully saturated rings. The van der Waals surface area contributed by atoms with E-state index in [4.69, 9.17) is 10.5 Å². The lowest BCUT2D eigenvalue weighted by molar-refractivity contribution is 0.102. The molecule has 7 nitrogen and oxygen atoms in total. The molecule has 0 bridgehead atoms. The molecule has 1 saturated heterocycles. The molecule has 0 spiro atoms. The molecule has 180 valence electrons. The number of hydrogen-bond donors (Lipinski definition) is 3. The average molecular weight is 494 g/mol. The van der Waals surface area contributed by atoms with E-state index < -0.39 is 34.6 Å². The van der Waals surface area contributed by atoms with Gasteiger partial charge in [-0.25, -0.2) is 18.2 Å². The van der Waals surface area contributed by atoms with Crippen molar-refractivity contribution in [1.82, 2.24) is 15.3 Å². The highest BCUT2D eigenvalue weighted by Crippen LogP contribution is 2.30. The van der Waals surface area contributed by atoms with Crippen LogP contribution in [0, 0.1) is 23.4 Å². The topological polar surface area (TPSA) is 102 Å². The van der Waals surface area contributed by atoms with E-state index in [0.29, 0.717) is 18.3 Å². The van der Waals surface area contributed by atoms with Gasteiger partial charge >= 0.3 is 0 Å². The Kier molecular flexibility index (Phi) is 8.30. The van der Waals surface area contributed by atoms with Gasteiger partial charge in [0.15, 0.2) is 11.5 Å². The van der Waals surface area contributed by atoms with E-state index in [-0.39, 0.29) is 29.5 Å². The summed E-state index contributed by atoms with van der Waals surface area (Å²) in [7, 11) is 0. The second kappa shape index (κ2) is 11.2. The molecule has 0 unspecified atom stereocenters. The van der Waals surface area contributed by atoms with Crippen LogP contribution >= 0.6 is 12.4 Å². The summed E-state index contributed by atoms with van der Waals surface area (Å²) in [5.74, 6) is -3.10. The van der Waals surface area contributed by atoms with Crippen molar-refractivity contribution in [3.63, 3.8) is 0 Å². The lowest BCUT2D eigenvalue weighted by Gasteiger charge is -2.23.